The number of ether oxygens (including phenoxy) is 1. The molecule has 1 amide bonds. The number of aryl methyl sites for hydroxylation is 1. The molecule has 0 aliphatic heterocycles. The van der Waals surface area contributed by atoms with E-state index in [1.54, 1.807) is 24.7 Å². The Kier molecular flexibility index (Phi) is 6.16. The van der Waals surface area contributed by atoms with Gasteiger partial charge >= 0.3 is 12.1 Å². The second kappa shape index (κ2) is 8.32. The quantitative estimate of drug-likeness (QED) is 0.833. The molecule has 25 heavy (non-hydrogen) atoms. The SMILES string of the molecule is CCn1cncc1C(C(=O)O)N(C(=O)OCc1ccccc1)C(C)C. The summed E-state index contributed by atoms with van der Waals surface area (Å²) >= 11 is 0. The Morgan fingerprint density at radius 2 is 1.96 bits per heavy atom. The maximum absolute atomic E-state index is 12.6. The van der Waals surface area contributed by atoms with E-state index < -0.39 is 18.1 Å². The topological polar surface area (TPSA) is 84.7 Å². The third-order valence-electron chi connectivity index (χ3n) is 3.85. The Labute approximate surface area is 146 Å². The van der Waals surface area contributed by atoms with Crippen LogP contribution in [-0.2, 0) is 22.7 Å². The molecule has 1 aromatic carbocycles. The van der Waals surface area contributed by atoms with E-state index in [4.69, 9.17) is 4.74 Å². The van der Waals surface area contributed by atoms with Gasteiger partial charge in [-0.2, -0.15) is 0 Å². The van der Waals surface area contributed by atoms with Crippen LogP contribution in [0.2, 0.25) is 0 Å². The van der Waals surface area contributed by atoms with Crippen LogP contribution in [0.5, 0.6) is 0 Å². The van der Waals surface area contributed by atoms with E-state index in [0.717, 1.165) is 5.56 Å². The van der Waals surface area contributed by atoms with Crippen molar-refractivity contribution in [3.63, 3.8) is 0 Å². The van der Waals surface area contributed by atoms with Crippen LogP contribution >= 0.6 is 0 Å². The van der Waals surface area contributed by atoms with Crippen LogP contribution in [-0.4, -0.2) is 37.7 Å². The highest BCUT2D eigenvalue weighted by Crippen LogP contribution is 2.25. The molecular weight excluding hydrogens is 322 g/mol. The van der Waals surface area contributed by atoms with Crippen molar-refractivity contribution in [2.24, 2.45) is 0 Å². The number of aliphatic carboxylic acids is 1. The number of carbonyl (C=O) groups is 2. The van der Waals surface area contributed by atoms with E-state index in [-0.39, 0.29) is 12.6 Å². The Morgan fingerprint density at radius 1 is 1.28 bits per heavy atom. The molecule has 1 N–H and O–H groups in total. The molecule has 0 radical (unpaired) electrons. The highest BCUT2D eigenvalue weighted by atomic mass is 16.6. The lowest BCUT2D eigenvalue weighted by Gasteiger charge is -2.31. The van der Waals surface area contributed by atoms with Crippen molar-refractivity contribution in [2.75, 3.05) is 0 Å². The van der Waals surface area contributed by atoms with Crippen molar-refractivity contribution in [3.8, 4) is 0 Å². The Balaban J connectivity index is 2.24. The Bertz CT molecular complexity index is 712. The lowest BCUT2D eigenvalue weighted by atomic mass is 10.1. The molecule has 0 saturated carbocycles. The molecule has 7 nitrogen and oxygen atoms in total. The predicted octanol–water partition coefficient (Wildman–Crippen LogP) is 3.08. The van der Waals surface area contributed by atoms with Gasteiger partial charge in [0.2, 0.25) is 0 Å². The van der Waals surface area contributed by atoms with Crippen molar-refractivity contribution in [1.29, 1.82) is 0 Å². The zero-order chi connectivity index (χ0) is 18.4. The van der Waals surface area contributed by atoms with Crippen molar-refractivity contribution in [3.05, 3.63) is 54.1 Å². The van der Waals surface area contributed by atoms with Crippen LogP contribution in [0.1, 0.15) is 38.1 Å². The van der Waals surface area contributed by atoms with Gasteiger partial charge in [0.15, 0.2) is 6.04 Å². The van der Waals surface area contributed by atoms with E-state index in [2.05, 4.69) is 4.98 Å². The minimum atomic E-state index is -1.16. The smallest absolute Gasteiger partial charge is 0.411 e. The number of nitrogens with zero attached hydrogens (tertiary/aromatic N) is 3. The zero-order valence-electron chi connectivity index (χ0n) is 14.6. The summed E-state index contributed by atoms with van der Waals surface area (Å²) in [5.74, 6) is -1.12. The number of rotatable bonds is 7. The molecule has 1 heterocycles. The third-order valence-corrected chi connectivity index (χ3v) is 3.85. The third kappa shape index (κ3) is 4.37. The minimum Gasteiger partial charge on any atom is -0.479 e. The van der Waals surface area contributed by atoms with Gasteiger partial charge in [0, 0.05) is 12.6 Å². The summed E-state index contributed by atoms with van der Waals surface area (Å²) in [6.07, 6.45) is 2.36. The van der Waals surface area contributed by atoms with Gasteiger partial charge in [-0.1, -0.05) is 30.3 Å². The van der Waals surface area contributed by atoms with Gasteiger partial charge < -0.3 is 14.4 Å². The van der Waals surface area contributed by atoms with Crippen LogP contribution in [0.15, 0.2) is 42.9 Å². The van der Waals surface area contributed by atoms with Crippen molar-refractivity contribution < 1.29 is 19.4 Å². The molecule has 0 bridgehead atoms. The molecule has 0 aliphatic carbocycles. The molecule has 2 rings (SSSR count). The van der Waals surface area contributed by atoms with Gasteiger partial charge in [-0.05, 0) is 26.3 Å². The van der Waals surface area contributed by atoms with Gasteiger partial charge in [-0.3, -0.25) is 4.90 Å². The van der Waals surface area contributed by atoms with Crippen LogP contribution < -0.4 is 0 Å². The molecule has 1 aromatic heterocycles. The fourth-order valence-corrected chi connectivity index (χ4v) is 2.62. The second-order valence-electron chi connectivity index (χ2n) is 5.89. The summed E-state index contributed by atoms with van der Waals surface area (Å²) in [7, 11) is 0. The zero-order valence-corrected chi connectivity index (χ0v) is 14.6. The average molecular weight is 345 g/mol. The van der Waals surface area contributed by atoms with Crippen LogP contribution in [0.4, 0.5) is 4.79 Å². The normalized spacial score (nSPS) is 12.0. The molecule has 2 aromatic rings. The molecule has 134 valence electrons. The van der Waals surface area contributed by atoms with Gasteiger partial charge in [-0.25, -0.2) is 14.6 Å². The first-order chi connectivity index (χ1) is 12.0. The predicted molar refractivity (Wildman–Crippen MR) is 91.9 cm³/mol. The van der Waals surface area contributed by atoms with Crippen LogP contribution in [0.3, 0.4) is 0 Å². The van der Waals surface area contributed by atoms with Gasteiger partial charge in [0.05, 0.1) is 18.2 Å². The first-order valence-corrected chi connectivity index (χ1v) is 8.17. The molecule has 0 spiro atoms. The average Bonchev–Trinajstić information content (AvgIpc) is 3.05. The van der Waals surface area contributed by atoms with Crippen molar-refractivity contribution >= 4 is 12.1 Å². The number of hydrogen-bond acceptors (Lipinski definition) is 4. The van der Waals surface area contributed by atoms with Crippen molar-refractivity contribution in [1.82, 2.24) is 14.5 Å². The molecule has 1 atom stereocenters. The summed E-state index contributed by atoms with van der Waals surface area (Å²) in [5, 5.41) is 9.73. The highest BCUT2D eigenvalue weighted by molar-refractivity contribution is 5.81. The monoisotopic (exact) mass is 345 g/mol. The number of carboxylic acids is 1. The minimum absolute atomic E-state index is 0.0856. The summed E-state index contributed by atoms with van der Waals surface area (Å²) in [5.41, 5.74) is 1.28. The number of carboxylic acid groups (broad SMARTS) is 1. The van der Waals surface area contributed by atoms with Gasteiger partial charge in [0.1, 0.15) is 6.61 Å². The second-order valence-corrected chi connectivity index (χ2v) is 5.89. The summed E-state index contributed by atoms with van der Waals surface area (Å²) < 4.78 is 7.06. The number of hydrogen-bond donors (Lipinski definition) is 1. The standard InChI is InChI=1S/C18H23N3O4/c1-4-20-12-19-10-15(20)16(17(22)23)21(13(2)3)18(24)25-11-14-8-6-5-7-9-14/h5-10,12-13,16H,4,11H2,1-3H3,(H,22,23). The Morgan fingerprint density at radius 3 is 2.52 bits per heavy atom. The number of imidazole rings is 1. The number of benzene rings is 1. The maximum Gasteiger partial charge on any atom is 0.411 e. The fourth-order valence-electron chi connectivity index (χ4n) is 2.62. The highest BCUT2D eigenvalue weighted by Gasteiger charge is 2.36. The molecule has 7 heteroatoms. The first kappa shape index (κ1) is 18.5. The summed E-state index contributed by atoms with van der Waals surface area (Å²) in [4.78, 5) is 29.8. The molecule has 1 unspecified atom stereocenters. The van der Waals surface area contributed by atoms with Gasteiger partial charge in [-0.15, -0.1) is 0 Å². The Hall–Kier alpha value is -2.83. The number of carbonyl (C=O) groups excluding carboxylic acids is 1. The van der Waals surface area contributed by atoms with Gasteiger partial charge in [0.25, 0.3) is 0 Å². The fraction of sp³-hybridized carbons (Fsp3) is 0.389. The molecule has 0 saturated heterocycles. The lowest BCUT2D eigenvalue weighted by molar-refractivity contribution is -0.144. The number of aromatic nitrogens is 2. The molecular formula is C18H23N3O4. The van der Waals surface area contributed by atoms with E-state index in [0.29, 0.717) is 12.2 Å². The van der Waals surface area contributed by atoms with E-state index in [1.807, 2.05) is 37.3 Å². The van der Waals surface area contributed by atoms with Crippen LogP contribution in [0.25, 0.3) is 0 Å². The van der Waals surface area contributed by atoms with Crippen LogP contribution in [0, 0.1) is 0 Å². The van der Waals surface area contributed by atoms with E-state index in [9.17, 15) is 14.7 Å². The van der Waals surface area contributed by atoms with E-state index in [1.165, 1.54) is 11.1 Å². The largest absolute Gasteiger partial charge is 0.479 e. The molecule has 0 aliphatic rings. The number of amides is 1. The first-order valence-electron chi connectivity index (χ1n) is 8.17. The maximum atomic E-state index is 12.6. The lowest BCUT2D eigenvalue weighted by Crippen LogP contribution is -2.44. The van der Waals surface area contributed by atoms with Crippen molar-refractivity contribution in [2.45, 2.75) is 46.0 Å². The summed E-state index contributed by atoms with van der Waals surface area (Å²) in [6.45, 7) is 6.04. The van der Waals surface area contributed by atoms with E-state index >= 15 is 0 Å². The summed E-state index contributed by atoms with van der Waals surface area (Å²) in [6, 6.07) is 7.74. The molecule has 0 fully saturated rings.